The van der Waals surface area contributed by atoms with E-state index in [1.165, 1.54) is 29.7 Å². The Labute approximate surface area is 138 Å². The van der Waals surface area contributed by atoms with Crippen LogP contribution in [0.5, 0.6) is 0 Å². The molecule has 3 rings (SSSR count). The zero-order valence-corrected chi connectivity index (χ0v) is 13.7. The zero-order chi connectivity index (χ0) is 15.9. The number of unbranched alkanes of at least 4 members (excludes halogenated alkanes) is 1. The fourth-order valence-corrected chi connectivity index (χ4v) is 2.71. The van der Waals surface area contributed by atoms with Gasteiger partial charge in [-0.2, -0.15) is 4.57 Å². The molecule has 23 heavy (non-hydrogen) atoms. The van der Waals surface area contributed by atoms with Crippen molar-refractivity contribution < 1.29 is 4.57 Å². The maximum absolute atomic E-state index is 4.86. The molecule has 0 bridgehead atoms. The van der Waals surface area contributed by atoms with Crippen molar-refractivity contribution in [2.75, 3.05) is 0 Å². The van der Waals surface area contributed by atoms with Gasteiger partial charge in [-0.15, -0.1) is 0 Å². The molecule has 0 N–H and O–H groups in total. The lowest BCUT2D eigenvalue weighted by molar-refractivity contribution is -0.688. The van der Waals surface area contributed by atoms with Crippen LogP contribution in [0.2, 0.25) is 0 Å². The minimum Gasteiger partial charge on any atom is -0.240 e. The molecule has 0 unspecified atom stereocenters. The van der Waals surface area contributed by atoms with Gasteiger partial charge in [-0.25, -0.2) is 4.98 Å². The first-order valence-corrected chi connectivity index (χ1v) is 8.34. The zero-order valence-electron chi connectivity index (χ0n) is 13.7. The molecule has 0 saturated carbocycles. The van der Waals surface area contributed by atoms with Crippen LogP contribution >= 0.6 is 0 Å². The number of hydrogen-bond donors (Lipinski definition) is 0. The number of rotatable bonds is 6. The quantitative estimate of drug-likeness (QED) is 0.616. The van der Waals surface area contributed by atoms with Crippen molar-refractivity contribution in [1.29, 1.82) is 0 Å². The van der Waals surface area contributed by atoms with E-state index in [2.05, 4.69) is 78.5 Å². The minimum atomic E-state index is 0.877. The van der Waals surface area contributed by atoms with E-state index >= 15 is 0 Å². The van der Waals surface area contributed by atoms with Gasteiger partial charge in [0, 0.05) is 11.1 Å². The monoisotopic (exact) mass is 303 g/mol. The molecule has 0 radical (unpaired) electrons. The third-order valence-corrected chi connectivity index (χ3v) is 3.93. The molecule has 0 saturated heterocycles. The van der Waals surface area contributed by atoms with Crippen molar-refractivity contribution in [3.05, 3.63) is 84.3 Å². The molecule has 1 aromatic heterocycles. The van der Waals surface area contributed by atoms with Crippen LogP contribution in [0.25, 0.3) is 11.3 Å². The van der Waals surface area contributed by atoms with Crippen LogP contribution in [0.3, 0.4) is 0 Å². The first-order valence-electron chi connectivity index (χ1n) is 8.34. The fourth-order valence-electron chi connectivity index (χ4n) is 2.71. The van der Waals surface area contributed by atoms with Crippen molar-refractivity contribution in [1.82, 2.24) is 4.98 Å². The first kappa shape index (κ1) is 15.4. The van der Waals surface area contributed by atoms with Gasteiger partial charge in [-0.1, -0.05) is 74.0 Å². The van der Waals surface area contributed by atoms with E-state index in [-0.39, 0.29) is 0 Å². The van der Waals surface area contributed by atoms with Gasteiger partial charge in [0.1, 0.15) is 11.4 Å². The van der Waals surface area contributed by atoms with Gasteiger partial charge in [0.25, 0.3) is 0 Å². The average molecular weight is 303 g/mol. The number of nitrogens with zero attached hydrogens (tertiary/aromatic N) is 2. The molecular formula is C21H23N2+. The second-order valence-electron chi connectivity index (χ2n) is 5.87. The highest BCUT2D eigenvalue weighted by Crippen LogP contribution is 2.15. The van der Waals surface area contributed by atoms with Crippen LogP contribution in [0.4, 0.5) is 0 Å². The van der Waals surface area contributed by atoms with Gasteiger partial charge in [-0.3, -0.25) is 0 Å². The molecule has 0 spiro atoms. The third kappa shape index (κ3) is 4.26. The molecule has 0 fully saturated rings. The highest BCUT2D eigenvalue weighted by atomic mass is 15.0. The molecule has 0 aliphatic rings. The molecule has 0 aliphatic carbocycles. The van der Waals surface area contributed by atoms with E-state index in [4.69, 9.17) is 4.98 Å². The summed E-state index contributed by atoms with van der Waals surface area (Å²) in [4.78, 5) is 4.86. The summed E-state index contributed by atoms with van der Waals surface area (Å²) < 4.78 is 2.26. The predicted octanol–water partition coefficient (Wildman–Crippen LogP) is 4.43. The molecular weight excluding hydrogens is 280 g/mol. The normalized spacial score (nSPS) is 10.7. The van der Waals surface area contributed by atoms with Gasteiger partial charge in [0.2, 0.25) is 0 Å². The highest BCUT2D eigenvalue weighted by Gasteiger charge is 2.11. The summed E-state index contributed by atoms with van der Waals surface area (Å²) in [5, 5.41) is 0. The number of aryl methyl sites for hydroxylation is 1. The van der Waals surface area contributed by atoms with Crippen molar-refractivity contribution in [3.8, 4) is 11.3 Å². The number of benzene rings is 2. The van der Waals surface area contributed by atoms with E-state index in [9.17, 15) is 0 Å². The molecule has 2 nitrogen and oxygen atoms in total. The molecule has 2 heteroatoms. The van der Waals surface area contributed by atoms with Crippen LogP contribution in [0.1, 0.15) is 31.0 Å². The predicted molar refractivity (Wildman–Crippen MR) is 94.0 cm³/mol. The fraction of sp³-hybridized carbons (Fsp3) is 0.238. The Kier molecular flexibility index (Phi) is 5.15. The number of hydrogen-bond acceptors (Lipinski definition) is 1. The molecule has 0 atom stereocenters. The van der Waals surface area contributed by atoms with Crippen molar-refractivity contribution >= 4 is 0 Å². The Morgan fingerprint density at radius 1 is 0.870 bits per heavy atom. The average Bonchev–Trinajstić information content (AvgIpc) is 2.61. The highest BCUT2D eigenvalue weighted by molar-refractivity contribution is 5.57. The van der Waals surface area contributed by atoms with Crippen molar-refractivity contribution in [2.24, 2.45) is 0 Å². The summed E-state index contributed by atoms with van der Waals surface area (Å²) in [6.07, 6.45) is 7.74. The summed E-state index contributed by atoms with van der Waals surface area (Å²) in [5.41, 5.74) is 4.70. The Bertz CT molecular complexity index is 736. The third-order valence-electron chi connectivity index (χ3n) is 3.93. The largest absolute Gasteiger partial charge is 0.240 e. The lowest BCUT2D eigenvalue weighted by Gasteiger charge is -2.05. The Balaban J connectivity index is 1.94. The van der Waals surface area contributed by atoms with E-state index in [1.807, 2.05) is 6.07 Å². The summed E-state index contributed by atoms with van der Waals surface area (Å²) in [5.74, 6) is 0. The van der Waals surface area contributed by atoms with E-state index in [0.29, 0.717) is 0 Å². The molecule has 1 heterocycles. The van der Waals surface area contributed by atoms with Crippen LogP contribution in [0, 0.1) is 0 Å². The van der Waals surface area contributed by atoms with Crippen LogP contribution in [-0.4, -0.2) is 4.98 Å². The second kappa shape index (κ2) is 7.68. The van der Waals surface area contributed by atoms with Gasteiger partial charge >= 0.3 is 0 Å². The van der Waals surface area contributed by atoms with Crippen molar-refractivity contribution in [3.63, 3.8) is 0 Å². The maximum Gasteiger partial charge on any atom is 0.195 e. The van der Waals surface area contributed by atoms with E-state index < -0.39 is 0 Å². The number of aromatic nitrogens is 2. The lowest BCUT2D eigenvalue weighted by atomic mass is 10.1. The van der Waals surface area contributed by atoms with Crippen LogP contribution in [-0.2, 0) is 13.0 Å². The summed E-state index contributed by atoms with van der Waals surface area (Å²) in [7, 11) is 0. The Morgan fingerprint density at radius 3 is 2.26 bits per heavy atom. The van der Waals surface area contributed by atoms with Gasteiger partial charge in [0.15, 0.2) is 18.9 Å². The van der Waals surface area contributed by atoms with Gasteiger partial charge in [-0.05, 0) is 12.8 Å². The first-order chi connectivity index (χ1) is 11.3. The van der Waals surface area contributed by atoms with Crippen molar-refractivity contribution in [2.45, 2.75) is 32.7 Å². The van der Waals surface area contributed by atoms with E-state index in [1.54, 1.807) is 0 Å². The Morgan fingerprint density at radius 2 is 1.57 bits per heavy atom. The van der Waals surface area contributed by atoms with Gasteiger partial charge < -0.3 is 0 Å². The van der Waals surface area contributed by atoms with Gasteiger partial charge in [0.05, 0.1) is 0 Å². The van der Waals surface area contributed by atoms with Crippen LogP contribution < -0.4 is 4.57 Å². The smallest absolute Gasteiger partial charge is 0.195 e. The molecule has 116 valence electrons. The molecule has 3 aromatic rings. The molecule has 0 aliphatic heterocycles. The minimum absolute atomic E-state index is 0.877. The molecule has 0 amide bonds. The maximum atomic E-state index is 4.86. The SMILES string of the molecule is CCCCc1c[n+](Cc2ccccc2)cc(-c2ccccc2)n1. The second-order valence-corrected chi connectivity index (χ2v) is 5.87. The van der Waals surface area contributed by atoms with Crippen LogP contribution in [0.15, 0.2) is 73.1 Å². The standard InChI is InChI=1S/C21H23N2/c1-2-3-14-20-16-23(15-18-10-6-4-7-11-18)17-21(22-20)19-12-8-5-9-13-19/h4-13,16-17H,2-3,14-15H2,1H3/q+1. The molecule has 2 aromatic carbocycles. The Hall–Kier alpha value is -2.48. The van der Waals surface area contributed by atoms with E-state index in [0.717, 1.165) is 18.7 Å². The summed E-state index contributed by atoms with van der Waals surface area (Å²) in [6.45, 7) is 3.10. The summed E-state index contributed by atoms with van der Waals surface area (Å²) in [6, 6.07) is 21.0. The lowest BCUT2D eigenvalue weighted by Crippen LogP contribution is -2.35. The topological polar surface area (TPSA) is 16.8 Å². The summed E-state index contributed by atoms with van der Waals surface area (Å²) >= 11 is 0.